The molecule has 0 spiro atoms. The van der Waals surface area contributed by atoms with Crippen LogP contribution in [0, 0.1) is 5.92 Å². The molecule has 2 N–H and O–H groups in total. The van der Waals surface area contributed by atoms with E-state index in [0.29, 0.717) is 24.7 Å². The molecular formula is C25H28ClN3O2. The zero-order chi connectivity index (χ0) is 22.0. The van der Waals surface area contributed by atoms with Crippen LogP contribution in [0.2, 0.25) is 5.02 Å². The summed E-state index contributed by atoms with van der Waals surface area (Å²) in [6, 6.07) is 17.0. The van der Waals surface area contributed by atoms with Gasteiger partial charge in [-0.15, -0.1) is 0 Å². The Morgan fingerprint density at radius 3 is 2.39 bits per heavy atom. The number of carbonyl (C=O) groups excluding carboxylic acids is 2. The van der Waals surface area contributed by atoms with Crippen molar-refractivity contribution in [2.75, 3.05) is 13.1 Å². The molecule has 0 saturated carbocycles. The third-order valence-electron chi connectivity index (χ3n) is 6.14. The number of benzene rings is 2. The Bertz CT molecular complexity index is 1030. The van der Waals surface area contributed by atoms with E-state index >= 15 is 0 Å². The first-order chi connectivity index (χ1) is 14.9. The normalized spacial score (nSPS) is 15.9. The second-order valence-corrected chi connectivity index (χ2v) is 9.05. The second kappa shape index (κ2) is 9.15. The average molecular weight is 438 g/mol. The van der Waals surface area contributed by atoms with Crippen molar-refractivity contribution in [3.8, 4) is 0 Å². The molecule has 2 aromatic carbocycles. The quantitative estimate of drug-likeness (QED) is 0.591. The molecule has 1 aliphatic heterocycles. The number of nitrogens with zero attached hydrogens (tertiary/aromatic N) is 1. The minimum Gasteiger partial charge on any atom is -0.351 e. The molecule has 1 aliphatic rings. The highest BCUT2D eigenvalue weighted by Gasteiger charge is 2.32. The molecule has 0 aliphatic carbocycles. The summed E-state index contributed by atoms with van der Waals surface area (Å²) in [6.45, 7) is 5.32. The molecule has 1 fully saturated rings. The predicted octanol–water partition coefficient (Wildman–Crippen LogP) is 4.98. The first kappa shape index (κ1) is 21.4. The van der Waals surface area contributed by atoms with Gasteiger partial charge >= 0.3 is 0 Å². The van der Waals surface area contributed by atoms with Gasteiger partial charge in [0, 0.05) is 29.0 Å². The standard InChI is InChI=1S/C25H28ClN3O2/c1-16(2)23(28-24(30)22-15-19-5-3-4-6-21(19)27-22)25(31)29-13-11-18(12-14-29)17-7-9-20(26)10-8-17/h3-10,15-16,18,23,27H,11-14H2,1-2H3,(H,28,30)/t23-/m1/s1. The van der Waals surface area contributed by atoms with E-state index < -0.39 is 6.04 Å². The van der Waals surface area contributed by atoms with Crippen molar-refractivity contribution in [1.29, 1.82) is 0 Å². The van der Waals surface area contributed by atoms with Gasteiger partial charge in [-0.1, -0.05) is 55.8 Å². The number of hydrogen-bond donors (Lipinski definition) is 2. The third kappa shape index (κ3) is 4.77. The van der Waals surface area contributed by atoms with Gasteiger partial charge in [0.25, 0.3) is 5.91 Å². The topological polar surface area (TPSA) is 65.2 Å². The van der Waals surface area contributed by atoms with Crippen LogP contribution >= 0.6 is 11.6 Å². The van der Waals surface area contributed by atoms with E-state index in [1.165, 1.54) is 5.56 Å². The van der Waals surface area contributed by atoms with Crippen molar-refractivity contribution in [3.63, 3.8) is 0 Å². The molecule has 0 unspecified atom stereocenters. The van der Waals surface area contributed by atoms with E-state index in [1.807, 2.05) is 61.2 Å². The lowest BCUT2D eigenvalue weighted by molar-refractivity contribution is -0.135. The number of para-hydroxylation sites is 1. The summed E-state index contributed by atoms with van der Waals surface area (Å²) in [4.78, 5) is 31.1. The summed E-state index contributed by atoms with van der Waals surface area (Å²) in [5.74, 6) is 0.169. The van der Waals surface area contributed by atoms with Crippen molar-refractivity contribution in [1.82, 2.24) is 15.2 Å². The molecule has 162 valence electrons. The van der Waals surface area contributed by atoms with Crippen molar-refractivity contribution in [2.45, 2.75) is 38.6 Å². The van der Waals surface area contributed by atoms with Crippen LogP contribution in [0.3, 0.4) is 0 Å². The molecule has 1 atom stereocenters. The number of halogens is 1. The lowest BCUT2D eigenvalue weighted by Crippen LogP contribution is -2.52. The van der Waals surface area contributed by atoms with E-state index in [9.17, 15) is 9.59 Å². The largest absolute Gasteiger partial charge is 0.351 e. The predicted molar refractivity (Wildman–Crippen MR) is 124 cm³/mol. The minimum atomic E-state index is -0.550. The number of fused-ring (bicyclic) bond motifs is 1. The van der Waals surface area contributed by atoms with Gasteiger partial charge in [0.1, 0.15) is 11.7 Å². The van der Waals surface area contributed by atoms with Crippen LogP contribution < -0.4 is 5.32 Å². The number of hydrogen-bond acceptors (Lipinski definition) is 2. The maximum atomic E-state index is 13.3. The summed E-state index contributed by atoms with van der Waals surface area (Å²) in [6.07, 6.45) is 1.82. The van der Waals surface area contributed by atoms with Crippen LogP contribution in [-0.4, -0.2) is 40.8 Å². The smallest absolute Gasteiger partial charge is 0.268 e. The van der Waals surface area contributed by atoms with Gasteiger partial charge in [-0.05, 0) is 54.5 Å². The molecule has 5 nitrogen and oxygen atoms in total. The minimum absolute atomic E-state index is 0.00480. The zero-order valence-electron chi connectivity index (χ0n) is 17.9. The van der Waals surface area contributed by atoms with Crippen LogP contribution in [0.25, 0.3) is 10.9 Å². The third-order valence-corrected chi connectivity index (χ3v) is 6.39. The number of carbonyl (C=O) groups is 2. The van der Waals surface area contributed by atoms with E-state index in [2.05, 4.69) is 22.4 Å². The maximum Gasteiger partial charge on any atom is 0.268 e. The van der Waals surface area contributed by atoms with Gasteiger partial charge in [-0.2, -0.15) is 0 Å². The Morgan fingerprint density at radius 2 is 1.74 bits per heavy atom. The number of rotatable bonds is 5. The van der Waals surface area contributed by atoms with Gasteiger partial charge < -0.3 is 15.2 Å². The zero-order valence-corrected chi connectivity index (χ0v) is 18.7. The summed E-state index contributed by atoms with van der Waals surface area (Å²) < 4.78 is 0. The lowest BCUT2D eigenvalue weighted by atomic mass is 9.89. The molecule has 2 heterocycles. The molecule has 1 saturated heterocycles. The summed E-state index contributed by atoms with van der Waals surface area (Å²) in [7, 11) is 0. The van der Waals surface area contributed by atoms with E-state index in [0.717, 1.165) is 28.8 Å². The number of amides is 2. The number of H-pyrrole nitrogens is 1. The first-order valence-electron chi connectivity index (χ1n) is 10.8. The average Bonchev–Trinajstić information content (AvgIpc) is 3.22. The Kier molecular flexibility index (Phi) is 6.33. The van der Waals surface area contributed by atoms with Crippen LogP contribution in [0.4, 0.5) is 0 Å². The van der Waals surface area contributed by atoms with Crippen molar-refractivity contribution in [3.05, 3.63) is 70.9 Å². The van der Waals surface area contributed by atoms with Gasteiger partial charge in [-0.3, -0.25) is 9.59 Å². The SMILES string of the molecule is CC(C)[C@@H](NC(=O)c1cc2ccccc2[nH]1)C(=O)N1CCC(c2ccc(Cl)cc2)CC1. The fraction of sp³-hybridized carbons (Fsp3) is 0.360. The Labute approximate surface area is 187 Å². The van der Waals surface area contributed by atoms with Gasteiger partial charge in [0.2, 0.25) is 5.91 Å². The highest BCUT2D eigenvalue weighted by atomic mass is 35.5. The summed E-state index contributed by atoms with van der Waals surface area (Å²) in [5.41, 5.74) is 2.65. The van der Waals surface area contributed by atoms with Crippen LogP contribution in [0.1, 0.15) is 48.7 Å². The van der Waals surface area contributed by atoms with E-state index in [-0.39, 0.29) is 17.7 Å². The van der Waals surface area contributed by atoms with Gasteiger partial charge in [0.15, 0.2) is 0 Å². The van der Waals surface area contributed by atoms with Crippen LogP contribution in [0.15, 0.2) is 54.6 Å². The summed E-state index contributed by atoms with van der Waals surface area (Å²) >= 11 is 6.00. The molecule has 2 amide bonds. The monoisotopic (exact) mass is 437 g/mol. The number of nitrogens with one attached hydrogen (secondary N) is 2. The van der Waals surface area contributed by atoms with Crippen LogP contribution in [-0.2, 0) is 4.79 Å². The highest BCUT2D eigenvalue weighted by molar-refractivity contribution is 6.30. The van der Waals surface area contributed by atoms with Gasteiger partial charge in [0.05, 0.1) is 0 Å². The highest BCUT2D eigenvalue weighted by Crippen LogP contribution is 2.29. The van der Waals surface area contributed by atoms with Crippen molar-refractivity contribution < 1.29 is 9.59 Å². The number of aromatic amines is 1. The molecule has 1 aromatic heterocycles. The van der Waals surface area contributed by atoms with E-state index in [4.69, 9.17) is 11.6 Å². The Balaban J connectivity index is 1.40. The number of aromatic nitrogens is 1. The number of likely N-dealkylation sites (tertiary alicyclic amines) is 1. The lowest BCUT2D eigenvalue weighted by Gasteiger charge is -2.35. The van der Waals surface area contributed by atoms with Crippen LogP contribution in [0.5, 0.6) is 0 Å². The summed E-state index contributed by atoms with van der Waals surface area (Å²) in [5, 5.41) is 4.68. The molecule has 3 aromatic rings. The molecule has 4 rings (SSSR count). The van der Waals surface area contributed by atoms with E-state index in [1.54, 1.807) is 0 Å². The fourth-order valence-electron chi connectivity index (χ4n) is 4.29. The fourth-order valence-corrected chi connectivity index (χ4v) is 4.42. The Morgan fingerprint density at radius 1 is 1.06 bits per heavy atom. The maximum absolute atomic E-state index is 13.3. The van der Waals surface area contributed by atoms with Crippen molar-refractivity contribution >= 4 is 34.3 Å². The number of piperidine rings is 1. The molecule has 0 radical (unpaired) electrons. The molecule has 0 bridgehead atoms. The molecular weight excluding hydrogens is 410 g/mol. The van der Waals surface area contributed by atoms with Crippen molar-refractivity contribution in [2.24, 2.45) is 5.92 Å². The molecule has 6 heteroatoms. The van der Waals surface area contributed by atoms with Gasteiger partial charge in [-0.25, -0.2) is 0 Å². The first-order valence-corrected chi connectivity index (χ1v) is 11.2. The Hall–Kier alpha value is -2.79. The second-order valence-electron chi connectivity index (χ2n) is 8.62. The molecule has 31 heavy (non-hydrogen) atoms.